The highest BCUT2D eigenvalue weighted by Crippen LogP contribution is 2.24. The van der Waals surface area contributed by atoms with Crippen LogP contribution in [0.2, 0.25) is 0 Å². The number of halogens is 1. The molecule has 1 amide bonds. The number of carbonyl (C=O) groups excluding carboxylic acids is 1. The molecular formula is C10H7FN3O2. The van der Waals surface area contributed by atoms with E-state index in [4.69, 9.17) is 4.52 Å². The summed E-state index contributed by atoms with van der Waals surface area (Å²) in [5, 5.41) is 3.60. The van der Waals surface area contributed by atoms with Gasteiger partial charge in [0.15, 0.2) is 11.6 Å². The van der Waals surface area contributed by atoms with Gasteiger partial charge in [-0.25, -0.2) is 14.3 Å². The Morgan fingerprint density at radius 3 is 3.00 bits per heavy atom. The van der Waals surface area contributed by atoms with Crippen LogP contribution < -0.4 is 4.90 Å². The summed E-state index contributed by atoms with van der Waals surface area (Å²) in [6, 6.07) is 5.11. The Morgan fingerprint density at radius 2 is 2.44 bits per heavy atom. The fourth-order valence-corrected chi connectivity index (χ4v) is 1.18. The smallest absolute Gasteiger partial charge is 0.239 e. The zero-order chi connectivity index (χ0) is 11.5. The standard InChI is InChI=1S/C10H7FN3O2/c1-7-5-9(16-13-7)14(6-15)10-8(11)3-2-4-12-10/h2,4-6H,1H3. The number of aromatic nitrogens is 2. The van der Waals surface area contributed by atoms with E-state index in [2.05, 4.69) is 16.2 Å². The van der Waals surface area contributed by atoms with Crippen LogP contribution in [0.1, 0.15) is 5.69 Å². The van der Waals surface area contributed by atoms with Gasteiger partial charge >= 0.3 is 0 Å². The molecule has 0 atom stereocenters. The van der Waals surface area contributed by atoms with Gasteiger partial charge in [0.05, 0.1) is 5.69 Å². The molecule has 0 aliphatic rings. The molecule has 0 N–H and O–H groups in total. The Labute approximate surface area is 90.5 Å². The van der Waals surface area contributed by atoms with E-state index in [-0.39, 0.29) is 11.7 Å². The Balaban J connectivity index is 2.44. The molecule has 81 valence electrons. The maximum absolute atomic E-state index is 13.3. The summed E-state index contributed by atoms with van der Waals surface area (Å²) in [5.41, 5.74) is 0.585. The minimum absolute atomic E-state index is 0.110. The molecule has 16 heavy (non-hydrogen) atoms. The third-order valence-electron chi connectivity index (χ3n) is 1.86. The molecule has 0 aliphatic carbocycles. The average molecular weight is 220 g/mol. The average Bonchev–Trinajstić information content (AvgIpc) is 2.69. The van der Waals surface area contributed by atoms with Gasteiger partial charge in [0.1, 0.15) is 0 Å². The lowest BCUT2D eigenvalue weighted by atomic mass is 10.4. The number of rotatable bonds is 3. The molecule has 5 nitrogen and oxygen atoms in total. The van der Waals surface area contributed by atoms with Crippen LogP contribution >= 0.6 is 0 Å². The molecule has 0 fully saturated rings. The normalized spacial score (nSPS) is 10.1. The van der Waals surface area contributed by atoms with Crippen molar-refractivity contribution in [3.63, 3.8) is 0 Å². The monoisotopic (exact) mass is 220 g/mol. The number of anilines is 2. The van der Waals surface area contributed by atoms with Crippen molar-refractivity contribution >= 4 is 18.1 Å². The van der Waals surface area contributed by atoms with Crippen molar-refractivity contribution in [2.45, 2.75) is 6.92 Å². The Hall–Kier alpha value is -2.24. The molecule has 0 saturated carbocycles. The summed E-state index contributed by atoms with van der Waals surface area (Å²) in [7, 11) is 0. The van der Waals surface area contributed by atoms with Crippen molar-refractivity contribution in [2.75, 3.05) is 4.90 Å². The lowest BCUT2D eigenvalue weighted by molar-refractivity contribution is -0.107. The van der Waals surface area contributed by atoms with Crippen LogP contribution in [-0.2, 0) is 4.79 Å². The zero-order valence-corrected chi connectivity index (χ0v) is 8.35. The molecule has 2 aromatic rings. The third kappa shape index (κ3) is 1.77. The second-order valence-electron chi connectivity index (χ2n) is 3.01. The molecule has 0 bridgehead atoms. The van der Waals surface area contributed by atoms with Gasteiger partial charge in [0, 0.05) is 18.3 Å². The molecular weight excluding hydrogens is 213 g/mol. The second-order valence-corrected chi connectivity index (χ2v) is 3.01. The predicted molar refractivity (Wildman–Crippen MR) is 52.5 cm³/mol. The summed E-state index contributed by atoms with van der Waals surface area (Å²) >= 11 is 0. The van der Waals surface area contributed by atoms with Crippen molar-refractivity contribution in [1.29, 1.82) is 0 Å². The van der Waals surface area contributed by atoms with Crippen LogP contribution in [-0.4, -0.2) is 16.6 Å². The fourth-order valence-electron chi connectivity index (χ4n) is 1.18. The first kappa shape index (κ1) is 10.3. The fraction of sp³-hybridized carbons (Fsp3) is 0.100. The van der Waals surface area contributed by atoms with Crippen molar-refractivity contribution < 1.29 is 13.7 Å². The third-order valence-corrected chi connectivity index (χ3v) is 1.86. The van der Waals surface area contributed by atoms with Gasteiger partial charge in [0.2, 0.25) is 12.3 Å². The van der Waals surface area contributed by atoms with Crippen molar-refractivity contribution in [2.24, 2.45) is 0 Å². The van der Waals surface area contributed by atoms with E-state index >= 15 is 0 Å². The molecule has 6 heteroatoms. The van der Waals surface area contributed by atoms with Crippen molar-refractivity contribution in [3.8, 4) is 0 Å². The highest BCUT2D eigenvalue weighted by molar-refractivity contribution is 5.82. The molecule has 0 unspecified atom stereocenters. The van der Waals surface area contributed by atoms with Crippen LogP contribution in [0.25, 0.3) is 0 Å². The van der Waals surface area contributed by atoms with E-state index in [1.807, 2.05) is 0 Å². The quantitative estimate of drug-likeness (QED) is 0.737. The van der Waals surface area contributed by atoms with E-state index < -0.39 is 5.82 Å². The zero-order valence-electron chi connectivity index (χ0n) is 8.35. The van der Waals surface area contributed by atoms with Crippen LogP contribution in [0.3, 0.4) is 0 Å². The molecule has 0 aromatic carbocycles. The molecule has 2 rings (SSSR count). The van der Waals surface area contributed by atoms with Crippen LogP contribution in [0.15, 0.2) is 22.9 Å². The predicted octanol–water partition coefficient (Wildman–Crippen LogP) is 1.61. The Bertz CT molecular complexity index is 512. The summed E-state index contributed by atoms with van der Waals surface area (Å²) in [4.78, 5) is 15.5. The first-order chi connectivity index (χ1) is 7.72. The number of amides is 1. The van der Waals surface area contributed by atoms with Gasteiger partial charge < -0.3 is 4.52 Å². The number of pyridine rings is 1. The molecule has 1 radical (unpaired) electrons. The van der Waals surface area contributed by atoms with Gasteiger partial charge in [-0.05, 0) is 13.0 Å². The minimum atomic E-state index is -0.733. The lowest BCUT2D eigenvalue weighted by Gasteiger charge is -2.11. The molecule has 2 heterocycles. The number of aryl methyl sites for hydroxylation is 1. The number of hydrogen-bond donors (Lipinski definition) is 0. The highest BCUT2D eigenvalue weighted by Gasteiger charge is 2.17. The molecule has 2 aromatic heterocycles. The van der Waals surface area contributed by atoms with Gasteiger partial charge in [-0.15, -0.1) is 0 Å². The minimum Gasteiger partial charge on any atom is -0.338 e. The molecule has 0 aliphatic heterocycles. The van der Waals surface area contributed by atoms with E-state index in [1.165, 1.54) is 18.3 Å². The van der Waals surface area contributed by atoms with Crippen molar-refractivity contribution in [3.05, 3.63) is 35.9 Å². The Kier molecular flexibility index (Phi) is 2.63. The van der Waals surface area contributed by atoms with E-state index in [0.29, 0.717) is 12.1 Å². The second kappa shape index (κ2) is 4.09. The van der Waals surface area contributed by atoms with E-state index in [9.17, 15) is 9.18 Å². The maximum atomic E-state index is 13.3. The maximum Gasteiger partial charge on any atom is 0.239 e. The van der Waals surface area contributed by atoms with Gasteiger partial charge in [-0.1, -0.05) is 5.16 Å². The van der Waals surface area contributed by atoms with E-state index in [0.717, 1.165) is 4.90 Å². The summed E-state index contributed by atoms with van der Waals surface area (Å²) in [6.07, 6.45) is 1.73. The van der Waals surface area contributed by atoms with Crippen LogP contribution in [0.5, 0.6) is 0 Å². The van der Waals surface area contributed by atoms with Crippen LogP contribution in [0.4, 0.5) is 16.1 Å². The molecule has 0 saturated heterocycles. The number of carbonyl (C=O) groups is 1. The SMILES string of the molecule is Cc1cc(N(C=O)c2ncc[c]c2F)on1. The van der Waals surface area contributed by atoms with Crippen molar-refractivity contribution in [1.82, 2.24) is 10.1 Å². The largest absolute Gasteiger partial charge is 0.338 e. The number of nitrogens with zero attached hydrogens (tertiary/aromatic N) is 3. The summed E-state index contributed by atoms with van der Waals surface area (Å²) in [6.45, 7) is 1.69. The molecule has 0 spiro atoms. The highest BCUT2D eigenvalue weighted by atomic mass is 19.1. The van der Waals surface area contributed by atoms with Gasteiger partial charge in [0.25, 0.3) is 0 Å². The van der Waals surface area contributed by atoms with E-state index in [1.54, 1.807) is 6.92 Å². The topological polar surface area (TPSA) is 59.2 Å². The first-order valence-electron chi connectivity index (χ1n) is 4.42. The first-order valence-corrected chi connectivity index (χ1v) is 4.42. The summed E-state index contributed by atoms with van der Waals surface area (Å²) in [5.74, 6) is -0.796. The van der Waals surface area contributed by atoms with Gasteiger partial charge in [-0.3, -0.25) is 4.79 Å². The lowest BCUT2D eigenvalue weighted by Crippen LogP contribution is -2.16. The number of hydrogen-bond acceptors (Lipinski definition) is 4. The Morgan fingerprint density at radius 1 is 1.62 bits per heavy atom. The van der Waals surface area contributed by atoms with Gasteiger partial charge in [-0.2, -0.15) is 0 Å². The van der Waals surface area contributed by atoms with Crippen LogP contribution in [0, 0.1) is 18.8 Å². The summed E-state index contributed by atoms with van der Waals surface area (Å²) < 4.78 is 18.2.